The second-order valence-electron chi connectivity index (χ2n) is 2.72. The molecule has 0 unspecified atom stereocenters. The maximum absolute atomic E-state index is 2.24. The lowest BCUT2D eigenvalue weighted by molar-refractivity contribution is 1.44. The first-order chi connectivity index (χ1) is 5.36. The van der Waals surface area contributed by atoms with Crippen molar-refractivity contribution in [2.45, 2.75) is 13.3 Å². The molecule has 0 spiro atoms. The summed E-state index contributed by atoms with van der Waals surface area (Å²) >= 11 is 1.87. The standard InChI is InChI=1S/C10H10S/c1-8-7-9-5-3-2-4-6-10(9)11-8/h3-7H,2H2,1H3. The zero-order chi connectivity index (χ0) is 7.68. The van der Waals surface area contributed by atoms with E-state index in [1.807, 2.05) is 11.3 Å². The minimum atomic E-state index is 1.07. The Morgan fingerprint density at radius 3 is 3.00 bits per heavy atom. The molecule has 11 heavy (non-hydrogen) atoms. The highest BCUT2D eigenvalue weighted by atomic mass is 32.1. The van der Waals surface area contributed by atoms with Crippen LogP contribution in [0.4, 0.5) is 0 Å². The molecule has 0 nitrogen and oxygen atoms in total. The van der Waals surface area contributed by atoms with Crippen LogP contribution in [0.25, 0.3) is 12.2 Å². The Kier molecular flexibility index (Phi) is 1.66. The van der Waals surface area contributed by atoms with Gasteiger partial charge in [0.25, 0.3) is 0 Å². The third-order valence-corrected chi connectivity index (χ3v) is 2.78. The van der Waals surface area contributed by atoms with Gasteiger partial charge in [-0.25, -0.2) is 0 Å². The fraction of sp³-hybridized carbons (Fsp3) is 0.200. The molecule has 0 aliphatic heterocycles. The van der Waals surface area contributed by atoms with Crippen LogP contribution in [0, 0.1) is 6.92 Å². The molecule has 0 N–H and O–H groups in total. The summed E-state index contributed by atoms with van der Waals surface area (Å²) in [4.78, 5) is 2.79. The number of hydrogen-bond acceptors (Lipinski definition) is 1. The van der Waals surface area contributed by atoms with E-state index >= 15 is 0 Å². The van der Waals surface area contributed by atoms with Crippen molar-refractivity contribution in [3.05, 3.63) is 33.5 Å². The molecule has 1 aliphatic carbocycles. The second kappa shape index (κ2) is 2.67. The SMILES string of the molecule is Cc1cc2c(s1)C=CCC=C2. The first-order valence-corrected chi connectivity index (χ1v) is 4.61. The summed E-state index contributed by atoms with van der Waals surface area (Å²) in [5.41, 5.74) is 1.38. The highest BCUT2D eigenvalue weighted by molar-refractivity contribution is 7.13. The zero-order valence-corrected chi connectivity index (χ0v) is 7.32. The Bertz CT molecular complexity index is 286. The molecule has 1 heterocycles. The summed E-state index contributed by atoms with van der Waals surface area (Å²) in [5, 5.41) is 0. The van der Waals surface area contributed by atoms with Crippen molar-refractivity contribution in [2.24, 2.45) is 0 Å². The summed E-state index contributed by atoms with van der Waals surface area (Å²) in [5.74, 6) is 0. The molecule has 2 rings (SSSR count). The van der Waals surface area contributed by atoms with Crippen LogP contribution >= 0.6 is 11.3 Å². The first kappa shape index (κ1) is 6.86. The van der Waals surface area contributed by atoms with Crippen molar-refractivity contribution in [3.8, 4) is 0 Å². The third kappa shape index (κ3) is 1.29. The van der Waals surface area contributed by atoms with Crippen molar-refractivity contribution in [2.75, 3.05) is 0 Å². The van der Waals surface area contributed by atoms with Gasteiger partial charge in [0.05, 0.1) is 0 Å². The normalized spacial score (nSPS) is 14.6. The lowest BCUT2D eigenvalue weighted by Gasteiger charge is -1.84. The Labute approximate surface area is 70.9 Å². The highest BCUT2D eigenvalue weighted by Crippen LogP contribution is 2.26. The summed E-state index contributed by atoms with van der Waals surface area (Å²) in [6, 6.07) is 2.24. The van der Waals surface area contributed by atoms with E-state index in [1.165, 1.54) is 15.3 Å². The number of aryl methyl sites for hydroxylation is 1. The topological polar surface area (TPSA) is 0 Å². The molecule has 0 aromatic carbocycles. The van der Waals surface area contributed by atoms with Crippen LogP contribution in [0.1, 0.15) is 21.7 Å². The second-order valence-corrected chi connectivity index (χ2v) is 4.00. The third-order valence-electron chi connectivity index (χ3n) is 1.75. The molecule has 1 aromatic rings. The van der Waals surface area contributed by atoms with Crippen LogP contribution < -0.4 is 0 Å². The van der Waals surface area contributed by atoms with E-state index in [9.17, 15) is 0 Å². The number of rotatable bonds is 0. The molecule has 0 radical (unpaired) electrons. The average molecular weight is 162 g/mol. The van der Waals surface area contributed by atoms with E-state index in [1.54, 1.807) is 0 Å². The van der Waals surface area contributed by atoms with E-state index in [-0.39, 0.29) is 0 Å². The molecule has 1 heteroatoms. The first-order valence-electron chi connectivity index (χ1n) is 3.80. The summed E-state index contributed by atoms with van der Waals surface area (Å²) in [7, 11) is 0. The van der Waals surface area contributed by atoms with Crippen LogP contribution in [-0.4, -0.2) is 0 Å². The molecule has 0 atom stereocenters. The number of fused-ring (bicyclic) bond motifs is 1. The summed E-state index contributed by atoms with van der Waals surface area (Å²) < 4.78 is 0. The highest BCUT2D eigenvalue weighted by Gasteiger charge is 2.01. The lowest BCUT2D eigenvalue weighted by atomic mass is 10.2. The number of thiophene rings is 1. The fourth-order valence-corrected chi connectivity index (χ4v) is 2.20. The average Bonchev–Trinajstić information content (AvgIpc) is 2.17. The van der Waals surface area contributed by atoms with E-state index in [0.717, 1.165) is 6.42 Å². The number of allylic oxidation sites excluding steroid dienone is 2. The molecule has 0 bridgehead atoms. The van der Waals surface area contributed by atoms with Crippen LogP contribution in [0.2, 0.25) is 0 Å². The van der Waals surface area contributed by atoms with Gasteiger partial charge in [0.2, 0.25) is 0 Å². The minimum Gasteiger partial charge on any atom is -0.141 e. The van der Waals surface area contributed by atoms with Crippen molar-refractivity contribution in [1.82, 2.24) is 0 Å². The summed E-state index contributed by atoms with van der Waals surface area (Å²) in [6.07, 6.45) is 9.90. The Balaban J connectivity index is 2.56. The van der Waals surface area contributed by atoms with Crippen molar-refractivity contribution in [1.29, 1.82) is 0 Å². The molecule has 0 saturated heterocycles. The molecule has 0 amide bonds. The zero-order valence-electron chi connectivity index (χ0n) is 6.50. The van der Waals surface area contributed by atoms with Crippen molar-refractivity contribution < 1.29 is 0 Å². The monoisotopic (exact) mass is 162 g/mol. The van der Waals surface area contributed by atoms with E-state index < -0.39 is 0 Å². The minimum absolute atomic E-state index is 1.07. The Hall–Kier alpha value is -0.820. The molecular weight excluding hydrogens is 152 g/mol. The van der Waals surface area contributed by atoms with Crippen LogP contribution in [-0.2, 0) is 0 Å². The van der Waals surface area contributed by atoms with Crippen LogP contribution in [0.15, 0.2) is 18.2 Å². The van der Waals surface area contributed by atoms with Gasteiger partial charge in [-0.15, -0.1) is 11.3 Å². The molecular formula is C10H10S. The molecule has 56 valence electrons. The van der Waals surface area contributed by atoms with Crippen molar-refractivity contribution >= 4 is 23.5 Å². The lowest BCUT2D eigenvalue weighted by Crippen LogP contribution is -1.64. The van der Waals surface area contributed by atoms with E-state index in [2.05, 4.69) is 37.3 Å². The van der Waals surface area contributed by atoms with Gasteiger partial charge in [0, 0.05) is 9.75 Å². The van der Waals surface area contributed by atoms with Gasteiger partial charge in [-0.05, 0) is 31.1 Å². The van der Waals surface area contributed by atoms with Crippen LogP contribution in [0.5, 0.6) is 0 Å². The molecule has 1 aromatic heterocycles. The predicted octanol–water partition coefficient (Wildman–Crippen LogP) is 3.49. The molecule has 0 fully saturated rings. The quantitative estimate of drug-likeness (QED) is 0.548. The molecule has 1 aliphatic rings. The van der Waals surface area contributed by atoms with Gasteiger partial charge >= 0.3 is 0 Å². The molecule has 0 saturated carbocycles. The Morgan fingerprint density at radius 2 is 2.09 bits per heavy atom. The van der Waals surface area contributed by atoms with Gasteiger partial charge < -0.3 is 0 Å². The predicted molar refractivity (Wildman–Crippen MR) is 51.7 cm³/mol. The van der Waals surface area contributed by atoms with Crippen LogP contribution in [0.3, 0.4) is 0 Å². The van der Waals surface area contributed by atoms with Gasteiger partial charge in [-0.3, -0.25) is 0 Å². The van der Waals surface area contributed by atoms with Gasteiger partial charge in [0.15, 0.2) is 0 Å². The number of hydrogen-bond donors (Lipinski definition) is 0. The van der Waals surface area contributed by atoms with Gasteiger partial charge in [0.1, 0.15) is 0 Å². The maximum atomic E-state index is 2.24. The van der Waals surface area contributed by atoms with E-state index in [4.69, 9.17) is 0 Å². The van der Waals surface area contributed by atoms with Crippen molar-refractivity contribution in [3.63, 3.8) is 0 Å². The fourth-order valence-electron chi connectivity index (χ4n) is 1.26. The largest absolute Gasteiger partial charge is 0.141 e. The maximum Gasteiger partial charge on any atom is 0.0342 e. The smallest absolute Gasteiger partial charge is 0.0342 e. The van der Waals surface area contributed by atoms with Gasteiger partial charge in [-0.2, -0.15) is 0 Å². The van der Waals surface area contributed by atoms with Gasteiger partial charge in [-0.1, -0.05) is 18.2 Å². The summed E-state index contributed by atoms with van der Waals surface area (Å²) in [6.45, 7) is 2.15. The van der Waals surface area contributed by atoms with E-state index in [0.29, 0.717) is 0 Å². The Morgan fingerprint density at radius 1 is 1.27 bits per heavy atom.